The molecule has 122 valence electrons. The monoisotopic (exact) mass is 326 g/mol. The van der Waals surface area contributed by atoms with Gasteiger partial charge in [-0.05, 0) is 24.8 Å². The Morgan fingerprint density at radius 2 is 1.68 bits per heavy atom. The van der Waals surface area contributed by atoms with Gasteiger partial charge < -0.3 is 5.73 Å². The lowest BCUT2D eigenvalue weighted by atomic mass is 9.81. The zero-order valence-corrected chi connectivity index (χ0v) is 13.7. The molecule has 22 heavy (non-hydrogen) atoms. The van der Waals surface area contributed by atoms with Gasteiger partial charge in [-0.2, -0.15) is 0 Å². The minimum atomic E-state index is -3.82. The Morgan fingerprint density at radius 1 is 1.14 bits per heavy atom. The van der Waals surface area contributed by atoms with Crippen molar-refractivity contribution in [2.75, 3.05) is 5.75 Å². The van der Waals surface area contributed by atoms with E-state index in [4.69, 9.17) is 5.73 Å². The van der Waals surface area contributed by atoms with Gasteiger partial charge in [-0.25, -0.2) is 8.42 Å². The highest BCUT2D eigenvalue weighted by Crippen LogP contribution is 2.26. The van der Waals surface area contributed by atoms with Gasteiger partial charge >= 0.3 is 0 Å². The van der Waals surface area contributed by atoms with E-state index in [9.17, 15) is 18.0 Å². The largest absolute Gasteiger partial charge is 0.369 e. The highest BCUT2D eigenvalue weighted by Gasteiger charge is 2.42. The van der Waals surface area contributed by atoms with E-state index in [0.717, 1.165) is 5.56 Å². The summed E-state index contributed by atoms with van der Waals surface area (Å²) >= 11 is 0. The molecule has 0 spiro atoms. The van der Waals surface area contributed by atoms with E-state index in [-0.39, 0.29) is 25.0 Å². The van der Waals surface area contributed by atoms with Crippen molar-refractivity contribution in [3.8, 4) is 0 Å². The van der Waals surface area contributed by atoms with Gasteiger partial charge in [-0.3, -0.25) is 14.3 Å². The molecule has 0 heterocycles. The number of nitrogens with one attached hydrogen (secondary N) is 1. The van der Waals surface area contributed by atoms with E-state index < -0.39 is 27.3 Å². The standard InChI is InChI=1S/C15H22N2O4S/c1-3-15(4-2,13(16)18)14(19)17-22(20,21)11-10-12-8-6-5-7-9-12/h5-9H,3-4,10-11H2,1-2H3,(H2,16,18)(H,17,19). The molecule has 3 N–H and O–H groups in total. The van der Waals surface area contributed by atoms with Crippen LogP contribution in [0.2, 0.25) is 0 Å². The average Bonchev–Trinajstić information content (AvgIpc) is 2.47. The van der Waals surface area contributed by atoms with Crippen molar-refractivity contribution in [1.29, 1.82) is 0 Å². The van der Waals surface area contributed by atoms with Gasteiger partial charge in [-0.1, -0.05) is 44.2 Å². The molecule has 0 aliphatic rings. The molecule has 1 aromatic rings. The molecular formula is C15H22N2O4S. The van der Waals surface area contributed by atoms with Crippen molar-refractivity contribution in [3.05, 3.63) is 35.9 Å². The molecule has 1 rings (SSSR count). The molecule has 0 saturated heterocycles. The van der Waals surface area contributed by atoms with Crippen LogP contribution in [-0.2, 0) is 26.0 Å². The Balaban J connectivity index is 2.79. The number of benzene rings is 1. The molecule has 0 radical (unpaired) electrons. The number of sulfonamides is 1. The number of rotatable bonds is 8. The first-order valence-corrected chi connectivity index (χ1v) is 8.81. The molecule has 0 aromatic heterocycles. The molecule has 0 aliphatic carbocycles. The van der Waals surface area contributed by atoms with E-state index in [1.54, 1.807) is 13.8 Å². The number of hydrogen-bond acceptors (Lipinski definition) is 4. The normalized spacial score (nSPS) is 11.9. The highest BCUT2D eigenvalue weighted by molar-refractivity contribution is 7.90. The Labute approximate surface area is 131 Å². The minimum absolute atomic E-state index is 0.152. The number of aryl methyl sites for hydroxylation is 1. The van der Waals surface area contributed by atoms with Gasteiger partial charge in [0, 0.05) is 0 Å². The zero-order chi connectivity index (χ0) is 16.8. The average molecular weight is 326 g/mol. The van der Waals surface area contributed by atoms with Crippen LogP contribution < -0.4 is 10.5 Å². The molecule has 6 nitrogen and oxygen atoms in total. The molecule has 0 bridgehead atoms. The molecule has 0 atom stereocenters. The lowest BCUT2D eigenvalue weighted by Gasteiger charge is -2.26. The quantitative estimate of drug-likeness (QED) is 0.694. The van der Waals surface area contributed by atoms with Crippen LogP contribution in [0.3, 0.4) is 0 Å². The lowest BCUT2D eigenvalue weighted by molar-refractivity contribution is -0.141. The predicted octanol–water partition coefficient (Wildman–Crippen LogP) is 0.967. The maximum Gasteiger partial charge on any atom is 0.249 e. The lowest BCUT2D eigenvalue weighted by Crippen LogP contribution is -2.51. The van der Waals surface area contributed by atoms with Gasteiger partial charge in [0.05, 0.1) is 5.75 Å². The van der Waals surface area contributed by atoms with Crippen LogP contribution in [0, 0.1) is 5.41 Å². The fourth-order valence-electron chi connectivity index (χ4n) is 2.22. The van der Waals surface area contributed by atoms with Crippen molar-refractivity contribution in [3.63, 3.8) is 0 Å². The second-order valence-electron chi connectivity index (χ2n) is 5.14. The number of hydrogen-bond donors (Lipinski definition) is 2. The number of amides is 2. The van der Waals surface area contributed by atoms with Crippen LogP contribution in [0.5, 0.6) is 0 Å². The summed E-state index contributed by atoms with van der Waals surface area (Å²) in [4.78, 5) is 23.8. The summed E-state index contributed by atoms with van der Waals surface area (Å²) in [5, 5.41) is 0. The first kappa shape index (κ1) is 18.2. The van der Waals surface area contributed by atoms with Gasteiger partial charge in [0.15, 0.2) is 0 Å². The SMILES string of the molecule is CCC(CC)(C(N)=O)C(=O)NS(=O)(=O)CCc1ccccc1. The maximum absolute atomic E-state index is 12.2. The Kier molecular flexibility index (Phi) is 6.11. The van der Waals surface area contributed by atoms with E-state index in [1.807, 2.05) is 35.1 Å². The summed E-state index contributed by atoms with van der Waals surface area (Å²) < 4.78 is 26.0. The third-order valence-electron chi connectivity index (χ3n) is 3.86. The summed E-state index contributed by atoms with van der Waals surface area (Å²) in [6.45, 7) is 3.26. The molecule has 0 aliphatic heterocycles. The Bertz CT molecular complexity index is 622. The third-order valence-corrected chi connectivity index (χ3v) is 5.10. The molecule has 0 unspecified atom stereocenters. The van der Waals surface area contributed by atoms with Crippen LogP contribution >= 0.6 is 0 Å². The predicted molar refractivity (Wildman–Crippen MR) is 84.3 cm³/mol. The van der Waals surface area contributed by atoms with Crippen molar-refractivity contribution < 1.29 is 18.0 Å². The molecule has 2 amide bonds. The van der Waals surface area contributed by atoms with Gasteiger partial charge in [0.25, 0.3) is 0 Å². The zero-order valence-electron chi connectivity index (χ0n) is 12.8. The van der Waals surface area contributed by atoms with Crippen molar-refractivity contribution in [2.45, 2.75) is 33.1 Å². The van der Waals surface area contributed by atoms with E-state index >= 15 is 0 Å². The Morgan fingerprint density at radius 3 is 2.14 bits per heavy atom. The fraction of sp³-hybridized carbons (Fsp3) is 0.467. The maximum atomic E-state index is 12.2. The van der Waals surface area contributed by atoms with E-state index in [2.05, 4.69) is 0 Å². The van der Waals surface area contributed by atoms with Gasteiger partial charge in [-0.15, -0.1) is 0 Å². The number of carbonyl (C=O) groups excluding carboxylic acids is 2. The number of carbonyl (C=O) groups is 2. The summed E-state index contributed by atoms with van der Waals surface area (Å²) in [5.74, 6) is -1.89. The minimum Gasteiger partial charge on any atom is -0.369 e. The summed E-state index contributed by atoms with van der Waals surface area (Å²) in [6, 6.07) is 9.08. The van der Waals surface area contributed by atoms with E-state index in [1.165, 1.54) is 0 Å². The molecule has 1 aromatic carbocycles. The van der Waals surface area contributed by atoms with Gasteiger partial charge in [0.1, 0.15) is 5.41 Å². The fourth-order valence-corrected chi connectivity index (χ4v) is 3.30. The Hall–Kier alpha value is -1.89. The molecule has 0 saturated carbocycles. The van der Waals surface area contributed by atoms with E-state index in [0.29, 0.717) is 0 Å². The second-order valence-corrected chi connectivity index (χ2v) is 6.98. The highest BCUT2D eigenvalue weighted by atomic mass is 32.2. The van der Waals surface area contributed by atoms with Crippen LogP contribution in [0.25, 0.3) is 0 Å². The summed E-state index contributed by atoms with van der Waals surface area (Å²) in [6.07, 6.45) is 0.586. The van der Waals surface area contributed by atoms with Gasteiger partial charge in [0.2, 0.25) is 21.8 Å². The molecular weight excluding hydrogens is 304 g/mol. The number of nitrogens with two attached hydrogens (primary N) is 1. The van der Waals surface area contributed by atoms with Crippen LogP contribution in [0.15, 0.2) is 30.3 Å². The van der Waals surface area contributed by atoms with Crippen molar-refractivity contribution in [2.24, 2.45) is 11.1 Å². The number of primary amides is 1. The summed E-state index contributed by atoms with van der Waals surface area (Å²) in [7, 11) is -3.82. The topological polar surface area (TPSA) is 106 Å². The molecule has 0 fully saturated rings. The van der Waals surface area contributed by atoms with Crippen molar-refractivity contribution >= 4 is 21.8 Å². The smallest absolute Gasteiger partial charge is 0.249 e. The third kappa shape index (κ3) is 4.30. The molecule has 7 heteroatoms. The van der Waals surface area contributed by atoms with Crippen LogP contribution in [0.1, 0.15) is 32.3 Å². The first-order chi connectivity index (χ1) is 10.3. The van der Waals surface area contributed by atoms with Crippen LogP contribution in [-0.4, -0.2) is 26.0 Å². The summed E-state index contributed by atoms with van der Waals surface area (Å²) in [5.41, 5.74) is 4.65. The second kappa shape index (κ2) is 7.40. The van der Waals surface area contributed by atoms with Crippen LogP contribution in [0.4, 0.5) is 0 Å². The first-order valence-electron chi connectivity index (χ1n) is 7.16. The van der Waals surface area contributed by atoms with Crippen molar-refractivity contribution in [1.82, 2.24) is 4.72 Å².